The first-order valence-electron chi connectivity index (χ1n) is 7.55. The van der Waals surface area contributed by atoms with Crippen LogP contribution in [0.25, 0.3) is 0 Å². The molecule has 1 aliphatic heterocycles. The number of aliphatic carboxylic acids is 1. The summed E-state index contributed by atoms with van der Waals surface area (Å²) in [6.45, 7) is 1.14. The molecular formula is C16H21ClN2O4. The highest BCUT2D eigenvalue weighted by Crippen LogP contribution is 2.19. The summed E-state index contributed by atoms with van der Waals surface area (Å²) < 4.78 is 5.40. The molecule has 126 valence electrons. The lowest BCUT2D eigenvalue weighted by Gasteiger charge is -2.31. The molecule has 0 saturated carbocycles. The summed E-state index contributed by atoms with van der Waals surface area (Å²) in [4.78, 5) is 24.8. The van der Waals surface area contributed by atoms with E-state index < -0.39 is 11.9 Å². The summed E-state index contributed by atoms with van der Waals surface area (Å²) in [6.07, 6.45) is 1.04. The average Bonchev–Trinajstić information content (AvgIpc) is 2.56. The van der Waals surface area contributed by atoms with Crippen LogP contribution in [0.3, 0.4) is 0 Å². The fourth-order valence-electron chi connectivity index (χ4n) is 2.67. The third-order valence-corrected chi connectivity index (χ3v) is 4.27. The van der Waals surface area contributed by atoms with Crippen LogP contribution in [-0.2, 0) is 9.53 Å². The van der Waals surface area contributed by atoms with Crippen LogP contribution in [0.4, 0.5) is 4.79 Å². The van der Waals surface area contributed by atoms with Crippen LogP contribution in [0.1, 0.15) is 24.5 Å². The number of ether oxygens (including phenoxy) is 1. The number of urea groups is 1. The van der Waals surface area contributed by atoms with E-state index in [1.54, 1.807) is 24.1 Å². The molecule has 1 saturated heterocycles. The number of methoxy groups -OCH3 is 1. The first-order valence-corrected chi connectivity index (χ1v) is 7.93. The van der Waals surface area contributed by atoms with Gasteiger partial charge in [0.25, 0.3) is 0 Å². The molecule has 2 N–H and O–H groups in total. The van der Waals surface area contributed by atoms with Gasteiger partial charge in [0, 0.05) is 31.8 Å². The Bertz CT molecular complexity index is 550. The minimum atomic E-state index is -0.849. The summed E-state index contributed by atoms with van der Waals surface area (Å²) in [5.74, 6) is -1.33. The molecule has 1 fully saturated rings. The van der Waals surface area contributed by atoms with Gasteiger partial charge in [0.1, 0.15) is 0 Å². The highest BCUT2D eigenvalue weighted by atomic mass is 35.5. The van der Waals surface area contributed by atoms with E-state index in [9.17, 15) is 9.59 Å². The van der Waals surface area contributed by atoms with Crippen molar-refractivity contribution >= 4 is 23.6 Å². The van der Waals surface area contributed by atoms with Gasteiger partial charge in [-0.15, -0.1) is 0 Å². The number of nitrogens with one attached hydrogen (secondary N) is 1. The minimum Gasteiger partial charge on any atom is -0.481 e. The molecule has 1 aromatic carbocycles. The van der Waals surface area contributed by atoms with Crippen molar-refractivity contribution in [2.24, 2.45) is 5.92 Å². The van der Waals surface area contributed by atoms with Crippen molar-refractivity contribution in [2.45, 2.75) is 18.9 Å². The van der Waals surface area contributed by atoms with Crippen LogP contribution in [0, 0.1) is 5.92 Å². The van der Waals surface area contributed by atoms with Gasteiger partial charge < -0.3 is 20.1 Å². The summed E-state index contributed by atoms with van der Waals surface area (Å²) >= 11 is 5.86. The molecule has 1 aliphatic rings. The van der Waals surface area contributed by atoms with Crippen LogP contribution >= 0.6 is 11.6 Å². The van der Waals surface area contributed by atoms with Crippen molar-refractivity contribution in [1.29, 1.82) is 0 Å². The third kappa shape index (κ3) is 4.84. The Labute approximate surface area is 140 Å². The summed E-state index contributed by atoms with van der Waals surface area (Å²) in [6, 6.07) is 6.99. The molecule has 7 heteroatoms. The van der Waals surface area contributed by atoms with E-state index in [0.29, 0.717) is 31.0 Å². The molecule has 0 aromatic heterocycles. The third-order valence-electron chi connectivity index (χ3n) is 4.02. The molecule has 2 amide bonds. The number of hydrogen-bond acceptors (Lipinski definition) is 3. The molecule has 2 atom stereocenters. The van der Waals surface area contributed by atoms with Gasteiger partial charge in [-0.2, -0.15) is 0 Å². The number of carboxylic acid groups (broad SMARTS) is 1. The van der Waals surface area contributed by atoms with Crippen LogP contribution in [0.15, 0.2) is 24.3 Å². The Morgan fingerprint density at radius 2 is 2.13 bits per heavy atom. The molecule has 2 unspecified atom stereocenters. The normalized spacial score (nSPS) is 19.2. The standard InChI is InChI=1S/C16H21ClN2O4/c1-23-14(11-4-6-13(17)7-5-11)9-18-16(22)19-8-2-3-12(10-19)15(20)21/h4-7,12,14H,2-3,8-10H2,1H3,(H,18,22)(H,20,21). The summed E-state index contributed by atoms with van der Waals surface area (Å²) in [5, 5.41) is 12.5. The Morgan fingerprint density at radius 3 is 2.74 bits per heavy atom. The number of benzene rings is 1. The second kappa shape index (κ2) is 8.17. The first-order chi connectivity index (χ1) is 11.0. The van der Waals surface area contributed by atoms with E-state index in [4.69, 9.17) is 21.4 Å². The summed E-state index contributed by atoms with van der Waals surface area (Å²) in [7, 11) is 1.58. The molecule has 2 rings (SSSR count). The van der Waals surface area contributed by atoms with E-state index in [2.05, 4.69) is 5.32 Å². The number of amides is 2. The van der Waals surface area contributed by atoms with Crippen molar-refractivity contribution in [1.82, 2.24) is 10.2 Å². The zero-order valence-corrected chi connectivity index (χ0v) is 13.8. The van der Waals surface area contributed by atoms with Crippen LogP contribution in [-0.4, -0.2) is 48.8 Å². The maximum Gasteiger partial charge on any atom is 0.317 e. The van der Waals surface area contributed by atoms with Gasteiger partial charge >= 0.3 is 12.0 Å². The molecule has 6 nitrogen and oxygen atoms in total. The highest BCUT2D eigenvalue weighted by Gasteiger charge is 2.28. The maximum absolute atomic E-state index is 12.2. The van der Waals surface area contributed by atoms with Crippen molar-refractivity contribution < 1.29 is 19.4 Å². The topological polar surface area (TPSA) is 78.9 Å². The fraction of sp³-hybridized carbons (Fsp3) is 0.500. The van der Waals surface area contributed by atoms with Gasteiger partial charge in [-0.1, -0.05) is 23.7 Å². The second-order valence-corrected chi connectivity index (χ2v) is 6.02. The van der Waals surface area contributed by atoms with Crippen LogP contribution in [0.5, 0.6) is 0 Å². The Hall–Kier alpha value is -1.79. The van der Waals surface area contributed by atoms with Crippen molar-refractivity contribution in [3.63, 3.8) is 0 Å². The molecule has 0 radical (unpaired) electrons. The maximum atomic E-state index is 12.2. The Balaban J connectivity index is 1.89. The molecule has 1 heterocycles. The zero-order chi connectivity index (χ0) is 16.8. The molecule has 1 aromatic rings. The molecule has 0 bridgehead atoms. The molecule has 23 heavy (non-hydrogen) atoms. The van der Waals surface area contributed by atoms with Gasteiger partial charge in [-0.3, -0.25) is 4.79 Å². The van der Waals surface area contributed by atoms with E-state index in [1.807, 2.05) is 12.1 Å². The molecule has 0 spiro atoms. The van der Waals surface area contributed by atoms with E-state index >= 15 is 0 Å². The lowest BCUT2D eigenvalue weighted by molar-refractivity contribution is -0.143. The van der Waals surface area contributed by atoms with Gasteiger partial charge in [0.2, 0.25) is 0 Å². The predicted octanol–water partition coefficient (Wildman–Crippen LogP) is 2.53. The SMILES string of the molecule is COC(CNC(=O)N1CCCC(C(=O)O)C1)c1ccc(Cl)cc1. The number of carboxylic acids is 1. The van der Waals surface area contributed by atoms with Gasteiger partial charge in [-0.05, 0) is 30.5 Å². The van der Waals surface area contributed by atoms with Gasteiger partial charge in [-0.25, -0.2) is 4.79 Å². The number of rotatable bonds is 5. The molecule has 0 aliphatic carbocycles. The second-order valence-electron chi connectivity index (χ2n) is 5.59. The average molecular weight is 341 g/mol. The number of carbonyl (C=O) groups is 2. The predicted molar refractivity (Wildman–Crippen MR) is 86.5 cm³/mol. The van der Waals surface area contributed by atoms with E-state index in [0.717, 1.165) is 5.56 Å². The van der Waals surface area contributed by atoms with E-state index in [-0.39, 0.29) is 18.7 Å². The van der Waals surface area contributed by atoms with Crippen molar-refractivity contribution in [2.75, 3.05) is 26.7 Å². The lowest BCUT2D eigenvalue weighted by Crippen LogP contribution is -2.47. The van der Waals surface area contributed by atoms with Crippen molar-refractivity contribution in [3.8, 4) is 0 Å². The Kier molecular flexibility index (Phi) is 6.24. The number of carbonyl (C=O) groups excluding carboxylic acids is 1. The fourth-order valence-corrected chi connectivity index (χ4v) is 2.80. The zero-order valence-electron chi connectivity index (χ0n) is 13.0. The lowest BCUT2D eigenvalue weighted by atomic mass is 9.99. The highest BCUT2D eigenvalue weighted by molar-refractivity contribution is 6.30. The number of likely N-dealkylation sites (tertiary alicyclic amines) is 1. The summed E-state index contributed by atoms with van der Waals surface area (Å²) in [5.41, 5.74) is 0.916. The number of hydrogen-bond donors (Lipinski definition) is 2. The number of halogens is 1. The number of nitrogens with zero attached hydrogens (tertiary/aromatic N) is 1. The van der Waals surface area contributed by atoms with Crippen LogP contribution in [0.2, 0.25) is 5.02 Å². The van der Waals surface area contributed by atoms with Crippen molar-refractivity contribution in [3.05, 3.63) is 34.9 Å². The largest absolute Gasteiger partial charge is 0.481 e. The smallest absolute Gasteiger partial charge is 0.317 e. The number of piperidine rings is 1. The minimum absolute atomic E-state index is 0.250. The van der Waals surface area contributed by atoms with Gasteiger partial charge in [0.15, 0.2) is 0 Å². The monoisotopic (exact) mass is 340 g/mol. The Morgan fingerprint density at radius 1 is 1.43 bits per heavy atom. The van der Waals surface area contributed by atoms with E-state index in [1.165, 1.54) is 0 Å². The van der Waals surface area contributed by atoms with Gasteiger partial charge in [0.05, 0.1) is 12.0 Å². The quantitative estimate of drug-likeness (QED) is 0.863. The van der Waals surface area contributed by atoms with Crippen LogP contribution < -0.4 is 5.32 Å². The first kappa shape index (κ1) is 17.6. The molecular weight excluding hydrogens is 320 g/mol.